The second kappa shape index (κ2) is 7.00. The van der Waals surface area contributed by atoms with E-state index in [1.54, 1.807) is 11.1 Å². The molecular weight excluding hydrogens is 324 g/mol. The maximum atomic E-state index is 4.47. The Kier molecular flexibility index (Phi) is 4.36. The summed E-state index contributed by atoms with van der Waals surface area (Å²) < 4.78 is 0. The smallest absolute Gasteiger partial charge is 0.00107 e. The molecule has 5 rings (SSSR count). The Morgan fingerprint density at radius 1 is 0.926 bits per heavy atom. The standard InChI is InChI=1S/C27H28/c1-19-24(17-23-15-14-21-10-5-6-12-26(21)23)18-27-22(11-7-13-25(19)27)16-20-8-3-2-4-9-20/h5-7,10-13,15,17,20H,1-4,8-9,14,16,18H2/b24-17+. The summed E-state index contributed by atoms with van der Waals surface area (Å²) in [7, 11) is 0. The van der Waals surface area contributed by atoms with Crippen molar-refractivity contribution in [3.8, 4) is 0 Å². The SMILES string of the molecule is C=C1/C(=C/C2=CCc3ccccc32)Cc2c(CC3CCCCC3)cccc21. The predicted molar refractivity (Wildman–Crippen MR) is 116 cm³/mol. The van der Waals surface area contributed by atoms with Gasteiger partial charge in [0, 0.05) is 0 Å². The van der Waals surface area contributed by atoms with Crippen LogP contribution in [0.2, 0.25) is 0 Å². The van der Waals surface area contributed by atoms with E-state index in [0.29, 0.717) is 0 Å². The molecule has 0 aromatic heterocycles. The molecule has 2 aromatic rings. The van der Waals surface area contributed by atoms with Crippen LogP contribution in [0.25, 0.3) is 11.1 Å². The molecule has 136 valence electrons. The molecule has 1 fully saturated rings. The molecule has 0 radical (unpaired) electrons. The first-order chi connectivity index (χ1) is 13.3. The first-order valence-electron chi connectivity index (χ1n) is 10.6. The zero-order valence-electron chi connectivity index (χ0n) is 16.1. The van der Waals surface area contributed by atoms with Gasteiger partial charge in [-0.15, -0.1) is 0 Å². The molecule has 3 aliphatic rings. The van der Waals surface area contributed by atoms with Crippen LogP contribution in [0.5, 0.6) is 0 Å². The number of benzene rings is 2. The van der Waals surface area contributed by atoms with Crippen molar-refractivity contribution in [1.29, 1.82) is 0 Å². The minimum Gasteiger partial charge on any atom is -0.0909 e. The summed E-state index contributed by atoms with van der Waals surface area (Å²) in [5.74, 6) is 0.885. The molecule has 0 heterocycles. The summed E-state index contributed by atoms with van der Waals surface area (Å²) in [5, 5.41) is 0. The quantitative estimate of drug-likeness (QED) is 0.561. The van der Waals surface area contributed by atoms with Gasteiger partial charge in [-0.25, -0.2) is 0 Å². The Bertz CT molecular complexity index is 948. The number of hydrogen-bond donors (Lipinski definition) is 0. The second-order valence-corrected chi connectivity index (χ2v) is 8.50. The van der Waals surface area contributed by atoms with E-state index in [9.17, 15) is 0 Å². The van der Waals surface area contributed by atoms with Gasteiger partial charge in [0.1, 0.15) is 0 Å². The third-order valence-electron chi connectivity index (χ3n) is 6.79. The maximum Gasteiger partial charge on any atom is -0.00107 e. The molecule has 27 heavy (non-hydrogen) atoms. The zero-order valence-corrected chi connectivity index (χ0v) is 16.1. The molecule has 0 amide bonds. The number of hydrogen-bond acceptors (Lipinski definition) is 0. The highest BCUT2D eigenvalue weighted by molar-refractivity contribution is 5.90. The minimum atomic E-state index is 0.885. The van der Waals surface area contributed by atoms with Crippen molar-refractivity contribution >= 4 is 11.1 Å². The van der Waals surface area contributed by atoms with E-state index < -0.39 is 0 Å². The van der Waals surface area contributed by atoms with E-state index in [4.69, 9.17) is 0 Å². The van der Waals surface area contributed by atoms with Gasteiger partial charge in [-0.2, -0.15) is 0 Å². The van der Waals surface area contributed by atoms with E-state index in [1.165, 1.54) is 71.9 Å². The Morgan fingerprint density at radius 2 is 1.74 bits per heavy atom. The van der Waals surface area contributed by atoms with Crippen LogP contribution in [0, 0.1) is 5.92 Å². The average Bonchev–Trinajstić information content (AvgIpc) is 3.26. The molecule has 2 aromatic carbocycles. The summed E-state index contributed by atoms with van der Waals surface area (Å²) in [6, 6.07) is 15.7. The molecule has 3 aliphatic carbocycles. The summed E-state index contributed by atoms with van der Waals surface area (Å²) in [5.41, 5.74) is 11.4. The number of allylic oxidation sites excluding steroid dienone is 5. The molecule has 0 nitrogen and oxygen atoms in total. The van der Waals surface area contributed by atoms with Crippen LogP contribution in [0.15, 0.2) is 66.8 Å². The molecule has 0 heteroatoms. The summed E-state index contributed by atoms with van der Waals surface area (Å²) in [6.45, 7) is 4.47. The first kappa shape index (κ1) is 16.8. The average molecular weight is 353 g/mol. The van der Waals surface area contributed by atoms with Crippen molar-refractivity contribution in [2.75, 3.05) is 0 Å². The lowest BCUT2D eigenvalue weighted by Crippen LogP contribution is -2.10. The Balaban J connectivity index is 1.43. The van der Waals surface area contributed by atoms with Crippen LogP contribution in [0.3, 0.4) is 0 Å². The van der Waals surface area contributed by atoms with Gasteiger partial charge in [0.05, 0.1) is 0 Å². The van der Waals surface area contributed by atoms with E-state index in [2.05, 4.69) is 61.2 Å². The Morgan fingerprint density at radius 3 is 2.63 bits per heavy atom. The van der Waals surface area contributed by atoms with E-state index >= 15 is 0 Å². The van der Waals surface area contributed by atoms with Crippen molar-refractivity contribution in [1.82, 2.24) is 0 Å². The fraction of sp³-hybridized carbons (Fsp3) is 0.333. The van der Waals surface area contributed by atoms with Gasteiger partial charge in [-0.3, -0.25) is 0 Å². The summed E-state index contributed by atoms with van der Waals surface area (Å²) in [6.07, 6.45) is 15.2. The van der Waals surface area contributed by atoms with Gasteiger partial charge < -0.3 is 0 Å². The van der Waals surface area contributed by atoms with Crippen molar-refractivity contribution < 1.29 is 0 Å². The van der Waals surface area contributed by atoms with E-state index in [0.717, 1.165) is 18.8 Å². The highest BCUT2D eigenvalue weighted by Crippen LogP contribution is 2.41. The van der Waals surface area contributed by atoms with Gasteiger partial charge in [-0.1, -0.05) is 93.3 Å². The minimum absolute atomic E-state index is 0.885. The maximum absolute atomic E-state index is 4.47. The largest absolute Gasteiger partial charge is 0.0909 e. The van der Waals surface area contributed by atoms with Crippen LogP contribution in [-0.2, 0) is 19.3 Å². The molecule has 0 saturated heterocycles. The lowest BCUT2D eigenvalue weighted by Gasteiger charge is -2.22. The van der Waals surface area contributed by atoms with E-state index in [1.807, 2.05) is 0 Å². The predicted octanol–water partition coefficient (Wildman–Crippen LogP) is 6.94. The molecule has 0 N–H and O–H groups in total. The van der Waals surface area contributed by atoms with Crippen molar-refractivity contribution in [2.45, 2.75) is 51.4 Å². The van der Waals surface area contributed by atoms with Crippen molar-refractivity contribution in [2.24, 2.45) is 5.92 Å². The lowest BCUT2D eigenvalue weighted by molar-refractivity contribution is 0.356. The third kappa shape index (κ3) is 3.12. The normalized spacial score (nSPS) is 20.7. The van der Waals surface area contributed by atoms with Gasteiger partial charge in [0.2, 0.25) is 0 Å². The second-order valence-electron chi connectivity index (χ2n) is 8.50. The fourth-order valence-corrected chi connectivity index (χ4v) is 5.26. The topological polar surface area (TPSA) is 0 Å². The lowest BCUT2D eigenvalue weighted by atomic mass is 9.83. The van der Waals surface area contributed by atoms with Crippen molar-refractivity contribution in [3.05, 3.63) is 94.6 Å². The summed E-state index contributed by atoms with van der Waals surface area (Å²) >= 11 is 0. The highest BCUT2D eigenvalue weighted by atomic mass is 14.3. The van der Waals surface area contributed by atoms with E-state index in [-0.39, 0.29) is 0 Å². The fourth-order valence-electron chi connectivity index (χ4n) is 5.26. The van der Waals surface area contributed by atoms with Gasteiger partial charge >= 0.3 is 0 Å². The first-order valence-corrected chi connectivity index (χ1v) is 10.6. The molecule has 0 spiro atoms. The zero-order chi connectivity index (χ0) is 18.2. The Labute approximate surface area is 163 Å². The van der Waals surface area contributed by atoms with Crippen LogP contribution in [0.4, 0.5) is 0 Å². The molecule has 0 bridgehead atoms. The van der Waals surface area contributed by atoms with Crippen LogP contribution in [-0.4, -0.2) is 0 Å². The van der Waals surface area contributed by atoms with Gasteiger partial charge in [0.15, 0.2) is 0 Å². The van der Waals surface area contributed by atoms with Gasteiger partial charge in [0.25, 0.3) is 0 Å². The summed E-state index contributed by atoms with van der Waals surface area (Å²) in [4.78, 5) is 0. The van der Waals surface area contributed by atoms with Gasteiger partial charge in [-0.05, 0) is 69.7 Å². The molecule has 0 aliphatic heterocycles. The molecule has 0 unspecified atom stereocenters. The Hall–Kier alpha value is -2.34. The molecular formula is C27H28. The molecule has 1 saturated carbocycles. The van der Waals surface area contributed by atoms with Crippen LogP contribution >= 0.6 is 0 Å². The number of fused-ring (bicyclic) bond motifs is 2. The molecule has 0 atom stereocenters. The monoisotopic (exact) mass is 352 g/mol. The highest BCUT2D eigenvalue weighted by Gasteiger charge is 2.25. The van der Waals surface area contributed by atoms with Crippen LogP contribution in [0.1, 0.15) is 59.9 Å². The number of rotatable bonds is 3. The van der Waals surface area contributed by atoms with Crippen LogP contribution < -0.4 is 0 Å². The van der Waals surface area contributed by atoms with Crippen molar-refractivity contribution in [3.63, 3.8) is 0 Å². The third-order valence-corrected chi connectivity index (χ3v) is 6.79.